The molecule has 3 heterocycles. The number of nitrogens with zero attached hydrogens (tertiary/aromatic N) is 4. The highest BCUT2D eigenvalue weighted by molar-refractivity contribution is 5.79. The summed E-state index contributed by atoms with van der Waals surface area (Å²) in [6, 6.07) is 2.36. The summed E-state index contributed by atoms with van der Waals surface area (Å²) in [7, 11) is 0. The standard InChI is InChI=1S/C20H33N5O/c1-2-3-12-24-13-5-4-7-18(24)16-23-19(26)17-8-14-25(15-9-17)20-21-10-6-11-22-20/h6,10-11,17-18H,2-5,7-9,12-16H2,1H3,(H,23,26)/t18-/m0/s1. The zero-order valence-corrected chi connectivity index (χ0v) is 16.1. The van der Waals surface area contributed by atoms with Crippen molar-refractivity contribution in [2.45, 2.75) is 57.9 Å². The Bertz CT molecular complexity index is 544. The second-order valence-corrected chi connectivity index (χ2v) is 7.59. The third-order valence-corrected chi connectivity index (χ3v) is 5.76. The summed E-state index contributed by atoms with van der Waals surface area (Å²) in [4.78, 5) is 26.0. The quantitative estimate of drug-likeness (QED) is 0.810. The number of likely N-dealkylation sites (tertiary alicyclic amines) is 1. The molecule has 2 aliphatic rings. The van der Waals surface area contributed by atoms with Crippen LogP contribution in [0.25, 0.3) is 0 Å². The Labute approximate surface area is 157 Å². The lowest BCUT2D eigenvalue weighted by atomic mass is 9.95. The van der Waals surface area contributed by atoms with Crippen molar-refractivity contribution < 1.29 is 4.79 Å². The zero-order chi connectivity index (χ0) is 18.2. The van der Waals surface area contributed by atoms with Crippen LogP contribution in [0, 0.1) is 5.92 Å². The molecule has 144 valence electrons. The summed E-state index contributed by atoms with van der Waals surface area (Å²) >= 11 is 0. The van der Waals surface area contributed by atoms with Crippen LogP contribution in [0.2, 0.25) is 0 Å². The van der Waals surface area contributed by atoms with Crippen molar-refractivity contribution in [1.29, 1.82) is 0 Å². The highest BCUT2D eigenvalue weighted by atomic mass is 16.1. The molecule has 0 bridgehead atoms. The molecule has 1 amide bonds. The highest BCUT2D eigenvalue weighted by Gasteiger charge is 2.27. The Balaban J connectivity index is 1.42. The predicted octanol–water partition coefficient (Wildman–Crippen LogP) is 2.46. The Morgan fingerprint density at radius 2 is 1.92 bits per heavy atom. The first-order valence-corrected chi connectivity index (χ1v) is 10.3. The number of amides is 1. The van der Waals surface area contributed by atoms with Gasteiger partial charge in [0.25, 0.3) is 0 Å². The number of rotatable bonds is 7. The molecule has 0 aromatic carbocycles. The lowest BCUT2D eigenvalue weighted by Gasteiger charge is -2.36. The van der Waals surface area contributed by atoms with E-state index in [9.17, 15) is 4.79 Å². The van der Waals surface area contributed by atoms with Crippen LogP contribution in [0.4, 0.5) is 5.95 Å². The molecule has 2 saturated heterocycles. The molecule has 0 saturated carbocycles. The third-order valence-electron chi connectivity index (χ3n) is 5.76. The van der Waals surface area contributed by atoms with E-state index in [1.807, 2.05) is 6.07 Å². The number of unbranched alkanes of at least 4 members (excludes halogenated alkanes) is 1. The molecule has 0 aliphatic carbocycles. The fourth-order valence-corrected chi connectivity index (χ4v) is 4.11. The largest absolute Gasteiger partial charge is 0.354 e. The Morgan fingerprint density at radius 1 is 1.15 bits per heavy atom. The minimum atomic E-state index is 0.127. The summed E-state index contributed by atoms with van der Waals surface area (Å²) in [5.41, 5.74) is 0. The molecule has 0 radical (unpaired) electrons. The molecule has 6 heteroatoms. The van der Waals surface area contributed by atoms with Gasteiger partial charge in [-0.25, -0.2) is 9.97 Å². The summed E-state index contributed by atoms with van der Waals surface area (Å²) in [5.74, 6) is 1.14. The number of piperidine rings is 2. The van der Waals surface area contributed by atoms with Crippen LogP contribution in [-0.2, 0) is 4.79 Å². The Hall–Kier alpha value is -1.69. The van der Waals surface area contributed by atoms with Gasteiger partial charge in [0.2, 0.25) is 11.9 Å². The third kappa shape index (κ3) is 5.16. The van der Waals surface area contributed by atoms with Gasteiger partial charge in [-0.2, -0.15) is 0 Å². The SMILES string of the molecule is CCCCN1CCCC[C@H]1CNC(=O)C1CCN(c2ncccn2)CC1. The van der Waals surface area contributed by atoms with E-state index in [1.54, 1.807) is 12.4 Å². The summed E-state index contributed by atoms with van der Waals surface area (Å²) in [5, 5.41) is 3.25. The van der Waals surface area contributed by atoms with Crippen LogP contribution in [0.3, 0.4) is 0 Å². The molecule has 0 spiro atoms. The first kappa shape index (κ1) is 19.1. The predicted molar refractivity (Wildman–Crippen MR) is 104 cm³/mol. The Kier molecular flexibility index (Phi) is 7.23. The van der Waals surface area contributed by atoms with Crippen molar-refractivity contribution in [3.8, 4) is 0 Å². The molecule has 6 nitrogen and oxygen atoms in total. The van der Waals surface area contributed by atoms with Gasteiger partial charge >= 0.3 is 0 Å². The van der Waals surface area contributed by atoms with E-state index in [4.69, 9.17) is 0 Å². The Morgan fingerprint density at radius 3 is 2.65 bits per heavy atom. The number of hydrogen-bond acceptors (Lipinski definition) is 5. The summed E-state index contributed by atoms with van der Waals surface area (Å²) < 4.78 is 0. The molecule has 26 heavy (non-hydrogen) atoms. The molecule has 1 N–H and O–H groups in total. The molecule has 2 fully saturated rings. The van der Waals surface area contributed by atoms with E-state index in [0.29, 0.717) is 6.04 Å². The van der Waals surface area contributed by atoms with E-state index >= 15 is 0 Å². The topological polar surface area (TPSA) is 61.4 Å². The lowest BCUT2D eigenvalue weighted by molar-refractivity contribution is -0.125. The van der Waals surface area contributed by atoms with Gasteiger partial charge in [0.15, 0.2) is 0 Å². The van der Waals surface area contributed by atoms with E-state index < -0.39 is 0 Å². The second kappa shape index (κ2) is 9.86. The summed E-state index contributed by atoms with van der Waals surface area (Å²) in [6.45, 7) is 7.13. The molecule has 0 unspecified atom stereocenters. The minimum Gasteiger partial charge on any atom is -0.354 e. The fourth-order valence-electron chi connectivity index (χ4n) is 4.11. The fraction of sp³-hybridized carbons (Fsp3) is 0.750. The monoisotopic (exact) mass is 359 g/mol. The molecule has 2 aliphatic heterocycles. The summed E-state index contributed by atoms with van der Waals surface area (Å²) in [6.07, 6.45) is 11.6. The maximum absolute atomic E-state index is 12.6. The van der Waals surface area contributed by atoms with E-state index in [1.165, 1.54) is 45.2 Å². The van der Waals surface area contributed by atoms with Gasteiger partial charge in [0.1, 0.15) is 0 Å². The smallest absolute Gasteiger partial charge is 0.225 e. The average molecular weight is 360 g/mol. The van der Waals surface area contributed by atoms with Crippen LogP contribution in [0.1, 0.15) is 51.9 Å². The van der Waals surface area contributed by atoms with E-state index in [-0.39, 0.29) is 11.8 Å². The molecule has 3 rings (SSSR count). The average Bonchev–Trinajstić information content (AvgIpc) is 2.72. The van der Waals surface area contributed by atoms with E-state index in [2.05, 4.69) is 32.0 Å². The maximum atomic E-state index is 12.6. The number of hydrogen-bond donors (Lipinski definition) is 1. The highest BCUT2D eigenvalue weighted by Crippen LogP contribution is 2.21. The second-order valence-electron chi connectivity index (χ2n) is 7.59. The van der Waals surface area contributed by atoms with Gasteiger partial charge in [0, 0.05) is 44.0 Å². The molecule has 1 atom stereocenters. The van der Waals surface area contributed by atoms with Crippen LogP contribution in [0.5, 0.6) is 0 Å². The van der Waals surface area contributed by atoms with Gasteiger partial charge in [0.05, 0.1) is 0 Å². The van der Waals surface area contributed by atoms with Crippen molar-refractivity contribution in [2.75, 3.05) is 37.6 Å². The van der Waals surface area contributed by atoms with E-state index in [0.717, 1.165) is 38.4 Å². The maximum Gasteiger partial charge on any atom is 0.225 e. The normalized spacial score (nSPS) is 22.3. The van der Waals surface area contributed by atoms with Crippen LogP contribution >= 0.6 is 0 Å². The first-order valence-electron chi connectivity index (χ1n) is 10.3. The number of carbonyl (C=O) groups excluding carboxylic acids is 1. The van der Waals surface area contributed by atoms with Crippen molar-refractivity contribution in [3.63, 3.8) is 0 Å². The number of aromatic nitrogens is 2. The first-order chi connectivity index (χ1) is 12.8. The molecular weight excluding hydrogens is 326 g/mol. The van der Waals surface area contributed by atoms with Crippen LogP contribution in [0.15, 0.2) is 18.5 Å². The van der Waals surface area contributed by atoms with Crippen molar-refractivity contribution in [3.05, 3.63) is 18.5 Å². The molecular formula is C20H33N5O. The van der Waals surface area contributed by atoms with Gasteiger partial charge in [-0.05, 0) is 51.3 Å². The molecule has 1 aromatic rings. The number of carbonyl (C=O) groups is 1. The van der Waals surface area contributed by atoms with Crippen molar-refractivity contribution in [2.24, 2.45) is 5.92 Å². The minimum absolute atomic E-state index is 0.127. The van der Waals surface area contributed by atoms with Crippen molar-refractivity contribution >= 4 is 11.9 Å². The number of nitrogens with one attached hydrogen (secondary N) is 1. The number of anilines is 1. The van der Waals surface area contributed by atoms with Crippen molar-refractivity contribution in [1.82, 2.24) is 20.2 Å². The van der Waals surface area contributed by atoms with Gasteiger partial charge in [-0.3, -0.25) is 9.69 Å². The van der Waals surface area contributed by atoms with Crippen LogP contribution < -0.4 is 10.2 Å². The zero-order valence-electron chi connectivity index (χ0n) is 16.1. The van der Waals surface area contributed by atoms with Crippen LogP contribution in [-0.4, -0.2) is 59.5 Å². The van der Waals surface area contributed by atoms with Gasteiger partial charge in [-0.1, -0.05) is 19.8 Å². The van der Waals surface area contributed by atoms with Gasteiger partial charge < -0.3 is 10.2 Å². The molecule has 1 aromatic heterocycles. The van der Waals surface area contributed by atoms with Gasteiger partial charge in [-0.15, -0.1) is 0 Å². The lowest BCUT2D eigenvalue weighted by Crippen LogP contribution is -2.49.